The Morgan fingerprint density at radius 1 is 0.542 bits per heavy atom. The molecular weight excluding hydrogens is 367 g/mol. The van der Waals surface area contributed by atoms with Crippen molar-refractivity contribution < 1.29 is 26.2 Å². The Bertz CT molecular complexity index is 424. The minimum atomic E-state index is 0. The Kier molecular flexibility index (Phi) is 21.8. The van der Waals surface area contributed by atoms with E-state index in [-0.39, 0.29) is 33.6 Å². The van der Waals surface area contributed by atoms with Crippen molar-refractivity contribution in [3.8, 4) is 0 Å². The minimum absolute atomic E-state index is 0. The van der Waals surface area contributed by atoms with E-state index in [0.717, 1.165) is 12.8 Å². The molecule has 0 nitrogen and oxygen atoms in total. The maximum Gasteiger partial charge on any atom is 0 e. The summed E-state index contributed by atoms with van der Waals surface area (Å²) in [7, 11) is 0. The average Bonchev–Trinajstić information content (AvgIpc) is 3.37. The summed E-state index contributed by atoms with van der Waals surface area (Å²) in [4.78, 5) is 0. The summed E-state index contributed by atoms with van der Waals surface area (Å²) in [5.74, 6) is 0. The monoisotopic (exact) mass is 389 g/mol. The zero-order chi connectivity index (χ0) is 15.6. The van der Waals surface area contributed by atoms with Crippen LogP contribution < -0.4 is 0 Å². The Morgan fingerprint density at radius 2 is 0.917 bits per heavy atom. The number of benzene rings is 2. The van der Waals surface area contributed by atoms with E-state index in [4.69, 9.17) is 0 Å². The van der Waals surface area contributed by atoms with Crippen LogP contribution in [0.1, 0.15) is 12.8 Å². The summed E-state index contributed by atoms with van der Waals surface area (Å²) < 4.78 is 0. The van der Waals surface area contributed by atoms with Crippen molar-refractivity contribution in [3.05, 3.63) is 129 Å². The largest absolute Gasteiger partial charge is 0.358 e. The topological polar surface area (TPSA) is 0 Å². The van der Waals surface area contributed by atoms with E-state index >= 15 is 0 Å². The first kappa shape index (κ1) is 24.5. The summed E-state index contributed by atoms with van der Waals surface area (Å²) in [5, 5.41) is 0. The van der Waals surface area contributed by atoms with Gasteiger partial charge in [0.1, 0.15) is 0 Å². The van der Waals surface area contributed by atoms with Gasteiger partial charge >= 0.3 is 0 Å². The molecule has 2 aliphatic rings. The van der Waals surface area contributed by atoms with Gasteiger partial charge in [0.15, 0.2) is 0 Å². The molecule has 0 aliphatic heterocycles. The van der Waals surface area contributed by atoms with E-state index in [1.165, 1.54) is 0 Å². The first-order valence-corrected chi connectivity index (χ1v) is 7.26. The van der Waals surface area contributed by atoms with Crippen molar-refractivity contribution in [2.75, 3.05) is 0 Å². The molecule has 4 rings (SSSR count). The smallest absolute Gasteiger partial charge is 0 e. The van der Waals surface area contributed by atoms with Crippen LogP contribution in [0.25, 0.3) is 0 Å². The molecule has 0 heterocycles. The molecule has 2 aliphatic carbocycles. The van der Waals surface area contributed by atoms with E-state index in [9.17, 15) is 0 Å². The summed E-state index contributed by atoms with van der Waals surface area (Å²) in [5.41, 5.74) is 0. The summed E-state index contributed by atoms with van der Waals surface area (Å²) >= 11 is 0. The Hall–Kier alpha value is -1.72. The number of hydrogen-bond acceptors (Lipinski definition) is 0. The number of allylic oxidation sites excluding steroid dienone is 8. The SMILES string of the molecule is [C-]1=CC=CC1.[C-]1=CC=CC1.[CH3-].[Zr].[c-]1ccccc1.[c-]1ccccc1. The summed E-state index contributed by atoms with van der Waals surface area (Å²) in [6.07, 6.45) is 20.0. The molecule has 0 saturated heterocycles. The Morgan fingerprint density at radius 3 is 1.00 bits per heavy atom. The third-order valence-electron chi connectivity index (χ3n) is 2.39. The van der Waals surface area contributed by atoms with E-state index in [1.807, 2.05) is 85.0 Å². The molecule has 2 aromatic rings. The maximum atomic E-state index is 2.99. The van der Waals surface area contributed by atoms with E-state index in [0.29, 0.717) is 0 Å². The fraction of sp³-hybridized carbons (Fsp3) is 0.0870. The van der Waals surface area contributed by atoms with Crippen LogP contribution in [-0.2, 0) is 26.2 Å². The van der Waals surface area contributed by atoms with Crippen molar-refractivity contribution in [2.24, 2.45) is 0 Å². The average molecular weight is 391 g/mol. The zero-order valence-corrected chi connectivity index (χ0v) is 16.6. The predicted octanol–water partition coefficient (Wildman–Crippen LogP) is 6.03. The molecule has 0 unspecified atom stereocenters. The van der Waals surface area contributed by atoms with Crippen LogP contribution in [0.15, 0.2) is 97.1 Å². The maximum absolute atomic E-state index is 2.99. The first-order valence-electron chi connectivity index (χ1n) is 7.26. The molecule has 2 aromatic carbocycles. The van der Waals surface area contributed by atoms with Crippen molar-refractivity contribution in [3.63, 3.8) is 0 Å². The number of rotatable bonds is 0. The normalized spacial score (nSPS) is 11.3. The number of hydrogen-bond donors (Lipinski definition) is 0. The van der Waals surface area contributed by atoms with Crippen LogP contribution in [0.3, 0.4) is 0 Å². The fourth-order valence-electron chi connectivity index (χ4n) is 1.36. The van der Waals surface area contributed by atoms with E-state index in [2.05, 4.69) is 36.4 Å². The van der Waals surface area contributed by atoms with Crippen LogP contribution >= 0.6 is 0 Å². The van der Waals surface area contributed by atoms with Crippen molar-refractivity contribution in [1.82, 2.24) is 0 Å². The van der Waals surface area contributed by atoms with Crippen LogP contribution in [0.4, 0.5) is 0 Å². The fourth-order valence-corrected chi connectivity index (χ4v) is 1.36. The molecule has 0 spiro atoms. The van der Waals surface area contributed by atoms with Gasteiger partial charge in [-0.25, -0.2) is 24.3 Å². The van der Waals surface area contributed by atoms with Gasteiger partial charge in [-0.1, -0.05) is 0 Å². The van der Waals surface area contributed by atoms with Gasteiger partial charge in [-0.05, 0) is 0 Å². The van der Waals surface area contributed by atoms with Crippen molar-refractivity contribution in [2.45, 2.75) is 12.8 Å². The van der Waals surface area contributed by atoms with Gasteiger partial charge in [0.2, 0.25) is 0 Å². The Labute approximate surface area is 167 Å². The van der Waals surface area contributed by atoms with Crippen LogP contribution in [0.2, 0.25) is 0 Å². The van der Waals surface area contributed by atoms with Gasteiger partial charge in [0.25, 0.3) is 0 Å². The van der Waals surface area contributed by atoms with Crippen LogP contribution in [0.5, 0.6) is 0 Å². The molecule has 24 heavy (non-hydrogen) atoms. The molecule has 0 bridgehead atoms. The van der Waals surface area contributed by atoms with Crippen LogP contribution in [-0.4, -0.2) is 0 Å². The second-order valence-electron chi connectivity index (χ2n) is 4.16. The quantitative estimate of drug-likeness (QED) is 0.482. The van der Waals surface area contributed by atoms with Gasteiger partial charge < -0.3 is 7.43 Å². The predicted molar refractivity (Wildman–Crippen MR) is 100 cm³/mol. The summed E-state index contributed by atoms with van der Waals surface area (Å²) in [6, 6.07) is 25.0. The molecule has 0 amide bonds. The summed E-state index contributed by atoms with van der Waals surface area (Å²) in [6.45, 7) is 0. The minimum Gasteiger partial charge on any atom is -0.358 e. The second-order valence-corrected chi connectivity index (χ2v) is 4.16. The van der Waals surface area contributed by atoms with Gasteiger partial charge in [0, 0.05) is 26.2 Å². The molecular formula is C23H23Zr-5. The molecule has 0 N–H and O–H groups in total. The molecule has 0 atom stereocenters. The molecule has 124 valence electrons. The van der Waals surface area contributed by atoms with Crippen molar-refractivity contribution >= 4 is 0 Å². The molecule has 0 radical (unpaired) electrons. The third-order valence-corrected chi connectivity index (χ3v) is 2.39. The molecule has 1 heteroatoms. The first-order chi connectivity index (χ1) is 11.0. The Balaban J connectivity index is 0. The van der Waals surface area contributed by atoms with E-state index < -0.39 is 0 Å². The van der Waals surface area contributed by atoms with Gasteiger partial charge in [-0.15, -0.1) is 12.8 Å². The van der Waals surface area contributed by atoms with Gasteiger partial charge in [0.05, 0.1) is 0 Å². The molecule has 0 saturated carbocycles. The second kappa shape index (κ2) is 21.3. The van der Waals surface area contributed by atoms with Crippen LogP contribution in [0, 0.1) is 31.7 Å². The standard InChI is InChI=1S/2C6H5.2C5H5.CH3.Zr/c2*1-2-4-6-5-3-1;2*1-2-4-5-3-1;;/h2*1-5H;2*1-3H,4H2;1H3;/q5*-1;. The third kappa shape index (κ3) is 18.3. The molecule has 0 fully saturated rings. The van der Waals surface area contributed by atoms with Gasteiger partial charge in [-0.2, -0.15) is 84.9 Å². The van der Waals surface area contributed by atoms with Crippen molar-refractivity contribution in [1.29, 1.82) is 0 Å². The van der Waals surface area contributed by atoms with Gasteiger partial charge in [-0.3, -0.25) is 12.2 Å². The van der Waals surface area contributed by atoms with E-state index in [1.54, 1.807) is 0 Å². The zero-order valence-electron chi connectivity index (χ0n) is 14.2. The molecule has 0 aromatic heterocycles.